The van der Waals surface area contributed by atoms with Crippen LogP contribution < -0.4 is 5.14 Å². The molecule has 0 spiro atoms. The summed E-state index contributed by atoms with van der Waals surface area (Å²) in [7, 11) is -3.65. The van der Waals surface area contributed by atoms with E-state index in [1.165, 1.54) is 6.07 Å². The smallest absolute Gasteiger partial charge is 0.225 e. The highest BCUT2D eigenvalue weighted by Crippen LogP contribution is 2.24. The fourth-order valence-electron chi connectivity index (χ4n) is 2.10. The van der Waals surface area contributed by atoms with Gasteiger partial charge in [0.15, 0.2) is 0 Å². The minimum atomic E-state index is -3.65. The van der Waals surface area contributed by atoms with Crippen LogP contribution >= 0.6 is 0 Å². The lowest BCUT2D eigenvalue weighted by molar-refractivity contribution is 0.598. The van der Waals surface area contributed by atoms with Gasteiger partial charge in [-0.15, -0.1) is 0 Å². The molecule has 0 bridgehead atoms. The number of hydrogen-bond acceptors (Lipinski definition) is 2. The molecule has 3 nitrogen and oxygen atoms in total. The van der Waals surface area contributed by atoms with Gasteiger partial charge in [-0.05, 0) is 45.8 Å². The van der Waals surface area contributed by atoms with Crippen LogP contribution in [0.3, 0.4) is 0 Å². The summed E-state index contributed by atoms with van der Waals surface area (Å²) in [6.07, 6.45) is 0. The molecule has 0 aliphatic carbocycles. The van der Waals surface area contributed by atoms with Gasteiger partial charge in [0.1, 0.15) is 0 Å². The molecule has 0 aliphatic rings. The molecule has 0 amide bonds. The Morgan fingerprint density at radius 2 is 1.28 bits per heavy atom. The summed E-state index contributed by atoms with van der Waals surface area (Å²) < 4.78 is 22.6. The summed E-state index contributed by atoms with van der Waals surface area (Å²) in [5, 5.41) is 9.22. The van der Waals surface area contributed by atoms with Crippen molar-refractivity contribution in [1.82, 2.24) is 0 Å². The van der Waals surface area contributed by atoms with Crippen LogP contribution in [0, 0.1) is 0 Å². The quantitative estimate of drug-likeness (QED) is 0.681. The van der Waals surface area contributed by atoms with Crippen molar-refractivity contribution < 1.29 is 8.42 Å². The maximum atomic E-state index is 11.3. The number of hydrogen-bond donors (Lipinski definition) is 1. The highest BCUT2D eigenvalue weighted by molar-refractivity contribution is 7.89. The number of benzene rings is 3. The molecule has 0 aliphatic heterocycles. The minimum absolute atomic E-state index is 0.144. The first-order valence-electron chi connectivity index (χ1n) is 5.49. The van der Waals surface area contributed by atoms with Crippen molar-refractivity contribution in [2.45, 2.75) is 4.90 Å². The van der Waals surface area contributed by atoms with Gasteiger partial charge in [-0.25, -0.2) is 13.6 Å². The Hall–Kier alpha value is -1.91. The maximum absolute atomic E-state index is 11.3. The Morgan fingerprint density at radius 3 is 1.89 bits per heavy atom. The van der Waals surface area contributed by atoms with E-state index in [-0.39, 0.29) is 4.90 Å². The van der Waals surface area contributed by atoms with Crippen molar-refractivity contribution >= 4 is 31.6 Å². The lowest BCUT2D eigenvalue weighted by Gasteiger charge is -2.04. The predicted octanol–water partition coefficient (Wildman–Crippen LogP) is 2.64. The maximum Gasteiger partial charge on any atom is 0.238 e. The number of rotatable bonds is 1. The van der Waals surface area contributed by atoms with E-state index in [0.29, 0.717) is 0 Å². The van der Waals surface area contributed by atoms with Crippen LogP contribution in [0.4, 0.5) is 0 Å². The van der Waals surface area contributed by atoms with Gasteiger partial charge in [0.25, 0.3) is 0 Å². The van der Waals surface area contributed by atoms with E-state index in [4.69, 9.17) is 5.14 Å². The predicted molar refractivity (Wildman–Crippen MR) is 72.8 cm³/mol. The van der Waals surface area contributed by atoms with Gasteiger partial charge in [-0.3, -0.25) is 0 Å². The second-order valence-corrected chi connectivity index (χ2v) is 5.81. The molecular weight excluding hydrogens is 246 g/mol. The zero-order valence-electron chi connectivity index (χ0n) is 9.50. The summed E-state index contributed by atoms with van der Waals surface area (Å²) in [5.41, 5.74) is 0. The van der Waals surface area contributed by atoms with Crippen molar-refractivity contribution in [2.24, 2.45) is 5.14 Å². The third kappa shape index (κ3) is 1.85. The molecule has 0 saturated carbocycles. The zero-order chi connectivity index (χ0) is 12.8. The highest BCUT2D eigenvalue weighted by atomic mass is 32.2. The van der Waals surface area contributed by atoms with Gasteiger partial charge >= 0.3 is 0 Å². The molecule has 0 atom stereocenters. The fraction of sp³-hybridized carbons (Fsp3) is 0. The third-order valence-corrected chi connectivity index (χ3v) is 3.92. The summed E-state index contributed by atoms with van der Waals surface area (Å²) >= 11 is 0. The topological polar surface area (TPSA) is 60.2 Å². The van der Waals surface area contributed by atoms with Crippen LogP contribution in [-0.4, -0.2) is 8.42 Å². The van der Waals surface area contributed by atoms with Crippen molar-refractivity contribution in [3.63, 3.8) is 0 Å². The van der Waals surface area contributed by atoms with Crippen molar-refractivity contribution in [3.8, 4) is 0 Å². The van der Waals surface area contributed by atoms with Gasteiger partial charge in [0.05, 0.1) is 4.90 Å². The van der Waals surface area contributed by atoms with Gasteiger partial charge in [-0.2, -0.15) is 0 Å². The SMILES string of the molecule is NS(=O)(=O)c1ccc2cc3ccccc3cc2c1. The van der Waals surface area contributed by atoms with Crippen LogP contribution in [0.1, 0.15) is 0 Å². The number of nitrogens with two attached hydrogens (primary N) is 1. The molecular formula is C14H11NO2S. The van der Waals surface area contributed by atoms with E-state index in [2.05, 4.69) is 0 Å². The van der Waals surface area contributed by atoms with Crippen LogP contribution in [0.5, 0.6) is 0 Å². The van der Waals surface area contributed by atoms with E-state index >= 15 is 0 Å². The van der Waals surface area contributed by atoms with Crippen LogP contribution in [0.2, 0.25) is 0 Å². The van der Waals surface area contributed by atoms with Crippen LogP contribution in [0.25, 0.3) is 21.5 Å². The number of fused-ring (bicyclic) bond motifs is 2. The van der Waals surface area contributed by atoms with E-state index in [0.717, 1.165) is 21.5 Å². The monoisotopic (exact) mass is 257 g/mol. The highest BCUT2D eigenvalue weighted by Gasteiger charge is 2.08. The molecule has 3 rings (SSSR count). The lowest BCUT2D eigenvalue weighted by atomic mass is 10.0. The van der Waals surface area contributed by atoms with Crippen LogP contribution in [-0.2, 0) is 10.0 Å². The van der Waals surface area contributed by atoms with E-state index in [9.17, 15) is 8.42 Å². The molecule has 3 aromatic rings. The number of sulfonamides is 1. The van der Waals surface area contributed by atoms with Crippen molar-refractivity contribution in [3.05, 3.63) is 54.6 Å². The Kier molecular flexibility index (Phi) is 2.36. The Labute approximate surface area is 105 Å². The second kappa shape index (κ2) is 3.80. The van der Waals surface area contributed by atoms with Crippen molar-refractivity contribution in [1.29, 1.82) is 0 Å². The molecule has 0 unspecified atom stereocenters. The largest absolute Gasteiger partial charge is 0.238 e. The minimum Gasteiger partial charge on any atom is -0.225 e. The van der Waals surface area contributed by atoms with Gasteiger partial charge in [-0.1, -0.05) is 30.3 Å². The molecule has 2 N–H and O–H groups in total. The van der Waals surface area contributed by atoms with Gasteiger partial charge in [0, 0.05) is 0 Å². The summed E-state index contributed by atoms with van der Waals surface area (Å²) in [5.74, 6) is 0. The summed E-state index contributed by atoms with van der Waals surface area (Å²) in [6, 6.07) is 16.9. The Morgan fingerprint density at radius 1 is 0.722 bits per heavy atom. The summed E-state index contributed by atoms with van der Waals surface area (Å²) in [6.45, 7) is 0. The number of primary sulfonamides is 1. The third-order valence-electron chi connectivity index (χ3n) is 3.00. The van der Waals surface area contributed by atoms with Gasteiger partial charge in [0.2, 0.25) is 10.0 Å². The molecule has 0 saturated heterocycles. The molecule has 90 valence electrons. The second-order valence-electron chi connectivity index (χ2n) is 4.25. The molecule has 3 aromatic carbocycles. The molecule has 0 fully saturated rings. The molecule has 0 radical (unpaired) electrons. The first-order chi connectivity index (χ1) is 8.54. The average molecular weight is 257 g/mol. The van der Waals surface area contributed by atoms with Gasteiger partial charge < -0.3 is 0 Å². The molecule has 4 heteroatoms. The lowest BCUT2D eigenvalue weighted by Crippen LogP contribution is -2.11. The molecule has 18 heavy (non-hydrogen) atoms. The standard InChI is InChI=1S/C14H11NO2S/c15-18(16,17)14-6-5-12-7-10-3-1-2-4-11(10)8-13(12)9-14/h1-9H,(H2,15,16,17). The van der Waals surface area contributed by atoms with E-state index in [1.54, 1.807) is 12.1 Å². The van der Waals surface area contributed by atoms with E-state index < -0.39 is 10.0 Å². The van der Waals surface area contributed by atoms with Crippen molar-refractivity contribution in [2.75, 3.05) is 0 Å². The normalized spacial score (nSPS) is 12.1. The Balaban J connectivity index is 2.37. The van der Waals surface area contributed by atoms with Crippen LogP contribution in [0.15, 0.2) is 59.5 Å². The fourth-order valence-corrected chi connectivity index (χ4v) is 2.64. The summed E-state index contributed by atoms with van der Waals surface area (Å²) in [4.78, 5) is 0.144. The molecule has 0 aromatic heterocycles. The molecule has 0 heterocycles. The van der Waals surface area contributed by atoms with E-state index in [1.807, 2.05) is 36.4 Å². The Bertz CT molecular complexity index is 854. The first kappa shape index (κ1) is 11.2. The average Bonchev–Trinajstić information content (AvgIpc) is 2.34. The zero-order valence-corrected chi connectivity index (χ0v) is 10.3. The first-order valence-corrected chi connectivity index (χ1v) is 7.04.